The Balaban J connectivity index is 0.000000268. The van der Waals surface area contributed by atoms with Crippen LogP contribution in [0.15, 0.2) is 60.7 Å². The first-order valence-electron chi connectivity index (χ1n) is 14.9. The Labute approximate surface area is 257 Å². The molecule has 0 bridgehead atoms. The Morgan fingerprint density at radius 3 is 2.14 bits per heavy atom. The number of aromatic nitrogens is 1. The molecule has 11 heteroatoms. The summed E-state index contributed by atoms with van der Waals surface area (Å²) < 4.78 is 45.1. The molecule has 2 aliphatic rings. The lowest BCUT2D eigenvalue weighted by Crippen LogP contribution is -2.37. The normalized spacial score (nSPS) is 17.9. The third kappa shape index (κ3) is 9.65. The summed E-state index contributed by atoms with van der Waals surface area (Å²) in [6.07, 6.45) is 6.72. The van der Waals surface area contributed by atoms with Crippen LogP contribution in [0.1, 0.15) is 67.5 Å². The summed E-state index contributed by atoms with van der Waals surface area (Å²) in [6, 6.07) is 19.5. The zero-order chi connectivity index (χ0) is 32.5. The fraction of sp³-hybridized carbons (Fsp3) is 0.485. The summed E-state index contributed by atoms with van der Waals surface area (Å²) >= 11 is 0. The third-order valence-corrected chi connectivity index (χ3v) is 7.78. The Morgan fingerprint density at radius 1 is 1.05 bits per heavy atom. The molecule has 1 aromatic heterocycles. The Morgan fingerprint density at radius 2 is 1.66 bits per heavy atom. The van der Waals surface area contributed by atoms with Gasteiger partial charge in [0.05, 0.1) is 5.52 Å². The van der Waals surface area contributed by atoms with Crippen molar-refractivity contribution in [3.63, 3.8) is 0 Å². The van der Waals surface area contributed by atoms with Gasteiger partial charge in [0.25, 0.3) is 0 Å². The SMILES string of the molecule is CCC(C=O)CCCC(N)CF.CN1CCCC1c1ccc2c(c1)cc1n2C(CF)(CF)OC1=O.NC=O.c1ccccc1. The van der Waals surface area contributed by atoms with Gasteiger partial charge in [-0.1, -0.05) is 55.8 Å². The second kappa shape index (κ2) is 18.9. The van der Waals surface area contributed by atoms with Crippen molar-refractivity contribution < 1.29 is 32.3 Å². The number of aldehydes is 1. The number of rotatable bonds is 10. The van der Waals surface area contributed by atoms with E-state index in [4.69, 9.17) is 15.3 Å². The number of carbonyl (C=O) groups excluding carboxylic acids is 3. The molecule has 1 amide bonds. The highest BCUT2D eigenvalue weighted by atomic mass is 19.1. The third-order valence-electron chi connectivity index (χ3n) is 7.78. The number of hydrogen-bond acceptors (Lipinski definition) is 6. The fourth-order valence-corrected chi connectivity index (χ4v) is 5.31. The van der Waals surface area contributed by atoms with Gasteiger partial charge in [0, 0.05) is 23.4 Å². The summed E-state index contributed by atoms with van der Waals surface area (Å²) in [5, 5.41) is 0.820. The molecule has 5 rings (SSSR count). The van der Waals surface area contributed by atoms with Crippen LogP contribution in [0.2, 0.25) is 0 Å². The highest BCUT2D eigenvalue weighted by molar-refractivity contribution is 5.98. The number of cyclic esters (lactones) is 1. The van der Waals surface area contributed by atoms with Crippen LogP contribution < -0.4 is 11.5 Å². The van der Waals surface area contributed by atoms with Crippen molar-refractivity contribution in [1.29, 1.82) is 0 Å². The van der Waals surface area contributed by atoms with Gasteiger partial charge in [-0.3, -0.25) is 14.3 Å². The van der Waals surface area contributed by atoms with Gasteiger partial charge < -0.3 is 21.0 Å². The molecule has 4 N–H and O–H groups in total. The van der Waals surface area contributed by atoms with E-state index >= 15 is 0 Å². The highest BCUT2D eigenvalue weighted by Crippen LogP contribution is 2.39. The number of amides is 1. The van der Waals surface area contributed by atoms with E-state index < -0.39 is 31.7 Å². The number of nitrogens with two attached hydrogens (primary N) is 2. The maximum Gasteiger partial charge on any atom is 0.357 e. The largest absolute Gasteiger partial charge is 0.428 e. The molecule has 0 aliphatic carbocycles. The van der Waals surface area contributed by atoms with Crippen molar-refractivity contribution in [2.75, 3.05) is 33.6 Å². The van der Waals surface area contributed by atoms with E-state index in [1.54, 1.807) is 6.07 Å². The summed E-state index contributed by atoms with van der Waals surface area (Å²) in [6.45, 7) is 0.415. The topological polar surface area (TPSA) is 121 Å². The second-order valence-electron chi connectivity index (χ2n) is 10.9. The number of ether oxygens (including phenoxy) is 1. The van der Waals surface area contributed by atoms with E-state index in [0.717, 1.165) is 50.3 Å². The highest BCUT2D eigenvalue weighted by Gasteiger charge is 2.47. The van der Waals surface area contributed by atoms with E-state index in [1.807, 2.05) is 61.5 Å². The molecule has 44 heavy (non-hydrogen) atoms. The molecule has 2 aliphatic heterocycles. The number of likely N-dealkylation sites (tertiary alicyclic amines) is 1. The van der Waals surface area contributed by atoms with E-state index in [0.29, 0.717) is 18.0 Å². The van der Waals surface area contributed by atoms with E-state index in [-0.39, 0.29) is 24.1 Å². The van der Waals surface area contributed by atoms with Gasteiger partial charge in [0.2, 0.25) is 12.1 Å². The smallest absolute Gasteiger partial charge is 0.357 e. The minimum atomic E-state index is -1.85. The van der Waals surface area contributed by atoms with E-state index in [9.17, 15) is 22.8 Å². The Hall–Kier alpha value is -3.70. The summed E-state index contributed by atoms with van der Waals surface area (Å²) in [7, 11) is 2.09. The number of fused-ring (bicyclic) bond motifs is 3. The van der Waals surface area contributed by atoms with Gasteiger partial charge in [0.15, 0.2) is 13.3 Å². The number of nitrogens with zero attached hydrogens (tertiary/aromatic N) is 2. The zero-order valence-electron chi connectivity index (χ0n) is 25.5. The van der Waals surface area contributed by atoms with Crippen LogP contribution in [-0.4, -0.2) is 67.8 Å². The molecular formula is C33H45F3N4O4. The molecule has 2 aromatic carbocycles. The summed E-state index contributed by atoms with van der Waals surface area (Å²) in [5.74, 6) is -0.534. The molecular weight excluding hydrogens is 573 g/mol. The monoisotopic (exact) mass is 618 g/mol. The van der Waals surface area contributed by atoms with Gasteiger partial charge in [-0.2, -0.15) is 0 Å². The molecule has 3 unspecified atom stereocenters. The van der Waals surface area contributed by atoms with Crippen molar-refractivity contribution in [2.45, 2.75) is 63.3 Å². The number of halogens is 3. The minimum absolute atomic E-state index is 0.136. The lowest BCUT2D eigenvalue weighted by Gasteiger charge is -2.24. The number of primary amides is 1. The van der Waals surface area contributed by atoms with Gasteiger partial charge >= 0.3 is 5.97 Å². The van der Waals surface area contributed by atoms with Crippen LogP contribution in [-0.2, 0) is 20.1 Å². The first kappa shape index (κ1) is 36.5. The number of esters is 1. The number of hydrogen-bond donors (Lipinski definition) is 2. The molecule has 1 fully saturated rings. The van der Waals surface area contributed by atoms with Crippen molar-refractivity contribution in [3.05, 3.63) is 71.9 Å². The lowest BCUT2D eigenvalue weighted by molar-refractivity contribution is -0.111. The van der Waals surface area contributed by atoms with Crippen molar-refractivity contribution in [1.82, 2.24) is 9.47 Å². The van der Waals surface area contributed by atoms with Crippen molar-refractivity contribution in [2.24, 2.45) is 17.4 Å². The molecule has 0 saturated carbocycles. The minimum Gasteiger partial charge on any atom is -0.428 e. The molecule has 8 nitrogen and oxygen atoms in total. The fourth-order valence-electron chi connectivity index (χ4n) is 5.31. The van der Waals surface area contributed by atoms with Crippen molar-refractivity contribution in [3.8, 4) is 0 Å². The number of alkyl halides is 3. The summed E-state index contributed by atoms with van der Waals surface area (Å²) in [5.41, 5.74) is 9.71. The van der Waals surface area contributed by atoms with Crippen LogP contribution in [0.5, 0.6) is 0 Å². The van der Waals surface area contributed by atoms with Gasteiger partial charge in [-0.05, 0) is 69.5 Å². The lowest BCUT2D eigenvalue weighted by atomic mass is 9.99. The Kier molecular flexibility index (Phi) is 15.6. The van der Waals surface area contributed by atoms with Crippen LogP contribution in [0.25, 0.3) is 10.9 Å². The van der Waals surface area contributed by atoms with Crippen LogP contribution in [0.4, 0.5) is 13.2 Å². The number of benzene rings is 2. The van der Waals surface area contributed by atoms with Crippen LogP contribution >= 0.6 is 0 Å². The van der Waals surface area contributed by atoms with Crippen LogP contribution in [0, 0.1) is 5.92 Å². The molecule has 0 radical (unpaired) electrons. The first-order valence-corrected chi connectivity index (χ1v) is 14.9. The molecule has 0 spiro atoms. The maximum absolute atomic E-state index is 13.4. The molecule has 3 heterocycles. The summed E-state index contributed by atoms with van der Waals surface area (Å²) in [4.78, 5) is 33.2. The van der Waals surface area contributed by atoms with E-state index in [2.05, 4.69) is 17.7 Å². The average Bonchev–Trinajstić information content (AvgIpc) is 3.74. The quantitative estimate of drug-likeness (QED) is 0.224. The molecule has 242 valence electrons. The molecule has 1 saturated heterocycles. The van der Waals surface area contributed by atoms with Gasteiger partial charge in [-0.25, -0.2) is 18.0 Å². The predicted molar refractivity (Wildman–Crippen MR) is 166 cm³/mol. The Bertz CT molecular complexity index is 1260. The maximum atomic E-state index is 13.4. The standard InChI is InChI=1S/C17H18F2N2O2.C9H18FNO.C6H6.CH3NO/c1-20-6-2-3-13(20)11-4-5-14-12(7-11)8-15-16(22)23-17(9-18,10-19)21(14)15;1-2-8(7-12)4-3-5-9(11)6-10;1-2-4-6-5-3-1;2-1-3/h4-5,7-8,13H,2-3,6,9-10H2,1H3;7-9H,2-6,11H2,1H3;1-6H;1H,(H2,2,3). The van der Waals surface area contributed by atoms with Gasteiger partial charge in [-0.15, -0.1) is 0 Å². The second-order valence-corrected chi connectivity index (χ2v) is 10.9. The van der Waals surface area contributed by atoms with Gasteiger partial charge in [0.1, 0.15) is 18.7 Å². The molecule has 3 atom stereocenters. The van der Waals surface area contributed by atoms with Crippen molar-refractivity contribution >= 4 is 29.6 Å². The first-order chi connectivity index (χ1) is 21.2. The van der Waals surface area contributed by atoms with E-state index in [1.165, 1.54) is 10.1 Å². The number of carbonyl (C=O) groups is 3. The zero-order valence-corrected chi connectivity index (χ0v) is 25.5. The molecule has 3 aromatic rings. The average molecular weight is 619 g/mol. The predicted octanol–water partition coefficient (Wildman–Crippen LogP) is 5.64. The van der Waals surface area contributed by atoms with Crippen LogP contribution in [0.3, 0.4) is 0 Å².